The number of imide groups is 1. The van der Waals surface area contributed by atoms with Crippen LogP contribution in [0.2, 0.25) is 0 Å². The largest absolute Gasteiger partial charge is 0.446 e. The topological polar surface area (TPSA) is 46.6 Å². The highest BCUT2D eigenvalue weighted by atomic mass is 19.3. The maximum absolute atomic E-state index is 13.1. The fourth-order valence-corrected chi connectivity index (χ4v) is 5.63. The van der Waals surface area contributed by atoms with Gasteiger partial charge in [0.1, 0.15) is 12.6 Å². The van der Waals surface area contributed by atoms with E-state index in [0.29, 0.717) is 6.42 Å². The van der Waals surface area contributed by atoms with Gasteiger partial charge < -0.3 is 4.74 Å². The zero-order valence-corrected chi connectivity index (χ0v) is 19.2. The number of carbonyl (C=O) groups excluding carboxylic acids is 2. The molecule has 2 fully saturated rings. The number of aryl methyl sites for hydroxylation is 1. The molecular formula is C27H31F2NO3. The van der Waals surface area contributed by atoms with E-state index in [4.69, 9.17) is 4.74 Å². The van der Waals surface area contributed by atoms with Crippen molar-refractivity contribution in [3.63, 3.8) is 0 Å². The summed E-state index contributed by atoms with van der Waals surface area (Å²) in [4.78, 5) is 26.7. The second-order valence-electron chi connectivity index (χ2n) is 9.42. The maximum atomic E-state index is 13.1. The van der Waals surface area contributed by atoms with Crippen molar-refractivity contribution in [1.82, 2.24) is 4.90 Å². The number of amides is 2. The van der Waals surface area contributed by atoms with E-state index in [1.807, 2.05) is 43.3 Å². The normalized spacial score (nSPS) is 25.4. The molecule has 2 aliphatic rings. The number of carbonyl (C=O) groups is 2. The Morgan fingerprint density at radius 3 is 2.45 bits per heavy atom. The summed E-state index contributed by atoms with van der Waals surface area (Å²) in [7, 11) is 0. The molecule has 0 aromatic heterocycles. The molecule has 1 atom stereocenters. The van der Waals surface area contributed by atoms with Crippen molar-refractivity contribution in [3.05, 3.63) is 70.8 Å². The highest BCUT2D eigenvalue weighted by molar-refractivity contribution is 5.93. The van der Waals surface area contributed by atoms with E-state index in [1.165, 1.54) is 4.90 Å². The lowest BCUT2D eigenvalue weighted by molar-refractivity contribution is -0.130. The van der Waals surface area contributed by atoms with Crippen LogP contribution in [0.25, 0.3) is 0 Å². The minimum Gasteiger partial charge on any atom is -0.446 e. The Morgan fingerprint density at radius 2 is 1.85 bits per heavy atom. The number of alkyl halides is 2. The first-order valence-corrected chi connectivity index (χ1v) is 11.8. The van der Waals surface area contributed by atoms with Crippen LogP contribution in [0.4, 0.5) is 13.6 Å². The van der Waals surface area contributed by atoms with Gasteiger partial charge in [-0.25, -0.2) is 18.5 Å². The van der Waals surface area contributed by atoms with Crippen LogP contribution in [0, 0.1) is 12.8 Å². The van der Waals surface area contributed by atoms with Crippen molar-refractivity contribution in [1.29, 1.82) is 0 Å². The Morgan fingerprint density at radius 1 is 1.15 bits per heavy atom. The third-order valence-corrected chi connectivity index (χ3v) is 7.60. The summed E-state index contributed by atoms with van der Waals surface area (Å²) < 4.78 is 31.4. The number of nitrogens with zero attached hydrogens (tertiary/aromatic N) is 1. The summed E-state index contributed by atoms with van der Waals surface area (Å²) in [6.45, 7) is 4.25. The molecule has 0 bridgehead atoms. The van der Waals surface area contributed by atoms with Crippen LogP contribution < -0.4 is 0 Å². The summed E-state index contributed by atoms with van der Waals surface area (Å²) >= 11 is 0. The van der Waals surface area contributed by atoms with E-state index in [2.05, 4.69) is 6.92 Å². The molecule has 0 spiro atoms. The minimum absolute atomic E-state index is 0.0522. The molecule has 1 saturated heterocycles. The van der Waals surface area contributed by atoms with Gasteiger partial charge in [0.2, 0.25) is 5.91 Å². The number of hydrogen-bond acceptors (Lipinski definition) is 3. The van der Waals surface area contributed by atoms with Gasteiger partial charge in [-0.1, -0.05) is 55.5 Å². The van der Waals surface area contributed by atoms with Crippen molar-refractivity contribution in [2.45, 2.75) is 70.3 Å². The molecule has 0 N–H and O–H groups in total. The van der Waals surface area contributed by atoms with Gasteiger partial charge >= 0.3 is 6.09 Å². The average Bonchev–Trinajstić information content (AvgIpc) is 3.22. The molecule has 1 aliphatic heterocycles. The van der Waals surface area contributed by atoms with E-state index >= 15 is 0 Å². The lowest BCUT2D eigenvalue weighted by Gasteiger charge is -2.41. The Labute approximate surface area is 193 Å². The monoisotopic (exact) mass is 455 g/mol. The van der Waals surface area contributed by atoms with Crippen LogP contribution in [-0.4, -0.2) is 23.5 Å². The van der Waals surface area contributed by atoms with Crippen LogP contribution >= 0.6 is 0 Å². The standard InChI is InChI=1S/C27H31F2NO3/c1-3-27(22-10-9-21(25(28)29)15-18(22)2)13-11-19(12-14-27)16-24(31)30-23(17-33-26(30)32)20-7-5-4-6-8-20/h4-10,15,19,23,25H,3,11-14,16-17H2,1-2H3/t19?,23-,27?/m1/s1. The predicted octanol–water partition coefficient (Wildman–Crippen LogP) is 6.88. The quantitative estimate of drug-likeness (QED) is 0.477. The number of ether oxygens (including phenoxy) is 1. The fraction of sp³-hybridized carbons (Fsp3) is 0.481. The fourth-order valence-electron chi connectivity index (χ4n) is 5.63. The van der Waals surface area contributed by atoms with Gasteiger partial charge in [0, 0.05) is 12.0 Å². The predicted molar refractivity (Wildman–Crippen MR) is 122 cm³/mol. The molecular weight excluding hydrogens is 424 g/mol. The highest BCUT2D eigenvalue weighted by Crippen LogP contribution is 2.46. The number of halogens is 2. The van der Waals surface area contributed by atoms with E-state index in [1.54, 1.807) is 12.1 Å². The van der Waals surface area contributed by atoms with Crippen molar-refractivity contribution in [2.24, 2.45) is 5.92 Å². The molecule has 4 rings (SSSR count). The van der Waals surface area contributed by atoms with Crippen molar-refractivity contribution >= 4 is 12.0 Å². The minimum atomic E-state index is -2.46. The average molecular weight is 456 g/mol. The van der Waals surface area contributed by atoms with Crippen LogP contribution in [-0.2, 0) is 14.9 Å². The first kappa shape index (κ1) is 23.4. The molecule has 0 unspecified atom stereocenters. The molecule has 2 aromatic carbocycles. The maximum Gasteiger partial charge on any atom is 0.417 e. The zero-order valence-electron chi connectivity index (χ0n) is 19.2. The summed E-state index contributed by atoms with van der Waals surface area (Å²) in [5, 5.41) is 0. The SMILES string of the molecule is CCC1(c2ccc(C(F)F)cc2C)CCC(CC(=O)N2C(=O)OC[C@@H]2c2ccccc2)CC1. The Balaban J connectivity index is 1.43. The summed E-state index contributed by atoms with van der Waals surface area (Å²) in [5.74, 6) is 0.0143. The van der Waals surface area contributed by atoms with Gasteiger partial charge in [-0.05, 0) is 67.1 Å². The molecule has 6 heteroatoms. The van der Waals surface area contributed by atoms with Crippen molar-refractivity contribution < 1.29 is 23.1 Å². The Bertz CT molecular complexity index is 1000. The van der Waals surface area contributed by atoms with Crippen molar-refractivity contribution in [2.75, 3.05) is 6.61 Å². The third-order valence-electron chi connectivity index (χ3n) is 7.60. The van der Waals surface area contributed by atoms with Crippen LogP contribution in [0.1, 0.15) is 80.2 Å². The molecule has 33 heavy (non-hydrogen) atoms. The number of hydrogen-bond donors (Lipinski definition) is 0. The van der Waals surface area contributed by atoms with Gasteiger partial charge in [0.15, 0.2) is 0 Å². The highest BCUT2D eigenvalue weighted by Gasteiger charge is 2.41. The Hall–Kier alpha value is -2.76. The first-order valence-electron chi connectivity index (χ1n) is 11.8. The van der Waals surface area contributed by atoms with E-state index in [-0.39, 0.29) is 35.5 Å². The van der Waals surface area contributed by atoms with Gasteiger partial charge in [0.25, 0.3) is 6.43 Å². The zero-order chi connectivity index (χ0) is 23.6. The van der Waals surface area contributed by atoms with E-state index in [9.17, 15) is 18.4 Å². The van der Waals surface area contributed by atoms with Gasteiger partial charge in [-0.15, -0.1) is 0 Å². The van der Waals surface area contributed by atoms with Crippen LogP contribution in [0.3, 0.4) is 0 Å². The van der Waals surface area contributed by atoms with E-state index < -0.39 is 12.5 Å². The molecule has 1 heterocycles. The summed E-state index contributed by atoms with van der Waals surface area (Å²) in [5.41, 5.74) is 2.96. The van der Waals surface area contributed by atoms with Gasteiger partial charge in [-0.2, -0.15) is 0 Å². The second-order valence-corrected chi connectivity index (χ2v) is 9.42. The molecule has 2 aromatic rings. The number of benzene rings is 2. The molecule has 2 amide bonds. The second kappa shape index (κ2) is 9.62. The van der Waals surface area contributed by atoms with Crippen LogP contribution in [0.5, 0.6) is 0 Å². The number of rotatable bonds is 6. The summed E-state index contributed by atoms with van der Waals surface area (Å²) in [6, 6.07) is 14.1. The molecule has 176 valence electrons. The van der Waals surface area contributed by atoms with Crippen LogP contribution in [0.15, 0.2) is 48.5 Å². The van der Waals surface area contributed by atoms with E-state index in [0.717, 1.165) is 48.8 Å². The molecule has 4 nitrogen and oxygen atoms in total. The first-order chi connectivity index (χ1) is 15.8. The molecule has 1 aliphatic carbocycles. The Kier molecular flexibility index (Phi) is 6.82. The lowest BCUT2D eigenvalue weighted by atomic mass is 9.64. The third kappa shape index (κ3) is 4.66. The summed E-state index contributed by atoms with van der Waals surface area (Å²) in [6.07, 6.45) is 1.77. The lowest BCUT2D eigenvalue weighted by Crippen LogP contribution is -2.37. The smallest absolute Gasteiger partial charge is 0.417 e. The molecule has 1 saturated carbocycles. The van der Waals surface area contributed by atoms with Crippen molar-refractivity contribution in [3.8, 4) is 0 Å². The van der Waals surface area contributed by atoms with Gasteiger partial charge in [0.05, 0.1) is 0 Å². The van der Waals surface area contributed by atoms with Gasteiger partial charge in [-0.3, -0.25) is 4.79 Å². The molecule has 0 radical (unpaired) electrons. The number of cyclic esters (lactones) is 1.